The van der Waals surface area contributed by atoms with Gasteiger partial charge in [0.05, 0.1) is 19.9 Å². The number of halogens is 1. The summed E-state index contributed by atoms with van der Waals surface area (Å²) in [5, 5.41) is 11.0. The molecular weight excluding hydrogens is 462 g/mol. The zero-order valence-electron chi connectivity index (χ0n) is 17.5. The SMILES string of the molecule is COc1ccc2c(CSc3nnc(-c4ccc(Cl)cc4)n3Cc3ccco3)cc(=O)oc2c1. The summed E-state index contributed by atoms with van der Waals surface area (Å²) in [6, 6.07) is 18.2. The second-order valence-electron chi connectivity index (χ2n) is 7.22. The van der Waals surface area contributed by atoms with Crippen LogP contribution in [0.3, 0.4) is 0 Å². The van der Waals surface area contributed by atoms with Gasteiger partial charge in [0.2, 0.25) is 0 Å². The largest absolute Gasteiger partial charge is 0.497 e. The average molecular weight is 480 g/mol. The van der Waals surface area contributed by atoms with E-state index in [4.69, 9.17) is 25.2 Å². The number of benzene rings is 2. The Kier molecular flexibility index (Phi) is 5.93. The van der Waals surface area contributed by atoms with Gasteiger partial charge in [0.15, 0.2) is 11.0 Å². The Hall–Kier alpha value is -3.49. The van der Waals surface area contributed by atoms with Crippen molar-refractivity contribution in [2.75, 3.05) is 7.11 Å². The van der Waals surface area contributed by atoms with E-state index in [9.17, 15) is 4.79 Å². The van der Waals surface area contributed by atoms with E-state index in [0.717, 1.165) is 22.3 Å². The van der Waals surface area contributed by atoms with Gasteiger partial charge in [-0.25, -0.2) is 4.79 Å². The molecule has 0 aliphatic carbocycles. The minimum absolute atomic E-state index is 0.412. The number of rotatable bonds is 7. The third-order valence-electron chi connectivity index (χ3n) is 5.11. The van der Waals surface area contributed by atoms with E-state index >= 15 is 0 Å². The lowest BCUT2D eigenvalue weighted by Crippen LogP contribution is -2.04. The van der Waals surface area contributed by atoms with E-state index in [0.29, 0.717) is 39.6 Å². The molecule has 0 fully saturated rings. The Labute approximate surface area is 198 Å². The highest BCUT2D eigenvalue weighted by atomic mass is 35.5. The predicted molar refractivity (Wildman–Crippen MR) is 127 cm³/mol. The van der Waals surface area contributed by atoms with Crippen molar-refractivity contribution in [3.05, 3.63) is 93.7 Å². The smallest absolute Gasteiger partial charge is 0.336 e. The molecule has 5 rings (SSSR count). The molecule has 0 saturated carbocycles. The normalized spacial score (nSPS) is 11.2. The fraction of sp³-hybridized carbons (Fsp3) is 0.125. The lowest BCUT2D eigenvalue weighted by atomic mass is 10.1. The topological polar surface area (TPSA) is 83.3 Å². The second-order valence-corrected chi connectivity index (χ2v) is 8.60. The van der Waals surface area contributed by atoms with Gasteiger partial charge in [-0.2, -0.15) is 0 Å². The fourth-order valence-electron chi connectivity index (χ4n) is 3.51. The zero-order chi connectivity index (χ0) is 22.8. The van der Waals surface area contributed by atoms with Crippen LogP contribution in [-0.2, 0) is 12.3 Å². The first-order valence-corrected chi connectivity index (χ1v) is 11.4. The molecule has 33 heavy (non-hydrogen) atoms. The van der Waals surface area contributed by atoms with Crippen LogP contribution in [-0.4, -0.2) is 21.9 Å². The number of aromatic nitrogens is 3. The molecule has 0 bridgehead atoms. The maximum Gasteiger partial charge on any atom is 0.336 e. The molecule has 5 aromatic rings. The Bertz CT molecular complexity index is 1460. The predicted octanol–water partition coefficient (Wildman–Crippen LogP) is 5.65. The van der Waals surface area contributed by atoms with Crippen molar-refractivity contribution in [3.8, 4) is 17.1 Å². The minimum Gasteiger partial charge on any atom is -0.497 e. The van der Waals surface area contributed by atoms with Crippen LogP contribution >= 0.6 is 23.4 Å². The van der Waals surface area contributed by atoms with Crippen molar-refractivity contribution in [1.82, 2.24) is 14.8 Å². The van der Waals surface area contributed by atoms with Gasteiger partial charge < -0.3 is 13.6 Å². The lowest BCUT2D eigenvalue weighted by molar-refractivity contribution is 0.414. The molecule has 0 aliphatic heterocycles. The van der Waals surface area contributed by atoms with Gasteiger partial charge in [-0.05, 0) is 54.1 Å². The Morgan fingerprint density at radius 1 is 1.09 bits per heavy atom. The summed E-state index contributed by atoms with van der Waals surface area (Å²) in [7, 11) is 1.57. The maximum absolute atomic E-state index is 12.1. The van der Waals surface area contributed by atoms with Gasteiger partial charge in [0.1, 0.15) is 17.1 Å². The summed E-state index contributed by atoms with van der Waals surface area (Å²) >= 11 is 7.54. The molecule has 0 amide bonds. The van der Waals surface area contributed by atoms with Gasteiger partial charge in [-0.15, -0.1) is 10.2 Å². The number of ether oxygens (including phenoxy) is 1. The first-order chi connectivity index (χ1) is 16.1. The first kappa shape index (κ1) is 21.4. The van der Waals surface area contributed by atoms with Crippen LogP contribution in [0.25, 0.3) is 22.4 Å². The number of nitrogens with zero attached hydrogens (tertiary/aromatic N) is 3. The van der Waals surface area contributed by atoms with Crippen molar-refractivity contribution < 1.29 is 13.6 Å². The van der Waals surface area contributed by atoms with Crippen molar-refractivity contribution >= 4 is 34.3 Å². The molecule has 0 N–H and O–H groups in total. The van der Waals surface area contributed by atoms with Crippen LogP contribution < -0.4 is 10.4 Å². The van der Waals surface area contributed by atoms with E-state index in [1.165, 1.54) is 17.8 Å². The van der Waals surface area contributed by atoms with Gasteiger partial charge in [0.25, 0.3) is 0 Å². The number of hydrogen-bond acceptors (Lipinski definition) is 7. The highest BCUT2D eigenvalue weighted by Gasteiger charge is 2.17. The molecular formula is C24H18ClN3O4S. The number of methoxy groups -OCH3 is 1. The summed E-state index contributed by atoms with van der Waals surface area (Å²) in [4.78, 5) is 12.1. The third-order valence-corrected chi connectivity index (χ3v) is 6.38. The molecule has 3 aromatic heterocycles. The molecule has 7 nitrogen and oxygen atoms in total. The van der Waals surface area contributed by atoms with Gasteiger partial charge in [-0.3, -0.25) is 4.57 Å². The van der Waals surface area contributed by atoms with Gasteiger partial charge in [0, 0.05) is 33.9 Å². The molecule has 2 aromatic carbocycles. The van der Waals surface area contributed by atoms with Gasteiger partial charge >= 0.3 is 5.63 Å². The molecule has 0 saturated heterocycles. The molecule has 166 valence electrons. The van der Waals surface area contributed by atoms with E-state index in [1.54, 1.807) is 19.4 Å². The highest BCUT2D eigenvalue weighted by molar-refractivity contribution is 7.98. The number of furan rings is 1. The van der Waals surface area contributed by atoms with E-state index < -0.39 is 5.63 Å². The number of hydrogen-bond donors (Lipinski definition) is 0. The first-order valence-electron chi connectivity index (χ1n) is 10.1. The van der Waals surface area contributed by atoms with Gasteiger partial charge in [-0.1, -0.05) is 23.4 Å². The second kappa shape index (κ2) is 9.17. The molecule has 0 radical (unpaired) electrons. The lowest BCUT2D eigenvalue weighted by Gasteiger charge is -2.10. The quantitative estimate of drug-likeness (QED) is 0.220. The summed E-state index contributed by atoms with van der Waals surface area (Å²) < 4.78 is 18.2. The summed E-state index contributed by atoms with van der Waals surface area (Å²) in [6.07, 6.45) is 1.64. The molecule has 0 aliphatic rings. The molecule has 9 heteroatoms. The zero-order valence-corrected chi connectivity index (χ0v) is 19.1. The van der Waals surface area contributed by atoms with Crippen molar-refractivity contribution in [1.29, 1.82) is 0 Å². The highest BCUT2D eigenvalue weighted by Crippen LogP contribution is 2.30. The average Bonchev–Trinajstić information content (AvgIpc) is 3.48. The molecule has 0 unspecified atom stereocenters. The molecule has 0 atom stereocenters. The van der Waals surface area contributed by atoms with Crippen LogP contribution in [0.2, 0.25) is 5.02 Å². The molecule has 3 heterocycles. The van der Waals surface area contributed by atoms with Crippen LogP contribution in [0.1, 0.15) is 11.3 Å². The number of thioether (sulfide) groups is 1. The third kappa shape index (κ3) is 4.53. The standard InChI is InChI=1S/C24H18ClN3O4S/c1-30-18-8-9-20-16(11-22(29)32-21(20)12-18)14-33-24-27-26-23(15-4-6-17(25)7-5-15)28(24)13-19-3-2-10-31-19/h2-12H,13-14H2,1H3. The van der Waals surface area contributed by atoms with Crippen LogP contribution in [0.15, 0.2) is 85.7 Å². The molecule has 0 spiro atoms. The van der Waals surface area contributed by atoms with E-state index in [2.05, 4.69) is 10.2 Å². The maximum atomic E-state index is 12.1. The van der Waals surface area contributed by atoms with Crippen molar-refractivity contribution in [3.63, 3.8) is 0 Å². The number of fused-ring (bicyclic) bond motifs is 1. The van der Waals surface area contributed by atoms with E-state index in [-0.39, 0.29) is 0 Å². The fourth-order valence-corrected chi connectivity index (χ4v) is 4.56. The monoisotopic (exact) mass is 479 g/mol. The Morgan fingerprint density at radius 3 is 2.70 bits per heavy atom. The minimum atomic E-state index is -0.412. The van der Waals surface area contributed by atoms with Crippen molar-refractivity contribution in [2.45, 2.75) is 17.5 Å². The summed E-state index contributed by atoms with van der Waals surface area (Å²) in [5.41, 5.74) is 1.80. The van der Waals surface area contributed by atoms with E-state index in [1.807, 2.05) is 53.1 Å². The summed E-state index contributed by atoms with van der Waals surface area (Å²) in [6.45, 7) is 0.467. The van der Waals surface area contributed by atoms with Crippen LogP contribution in [0, 0.1) is 0 Å². The summed E-state index contributed by atoms with van der Waals surface area (Å²) in [5.74, 6) is 2.62. The van der Waals surface area contributed by atoms with Crippen molar-refractivity contribution in [2.24, 2.45) is 0 Å². The van der Waals surface area contributed by atoms with Crippen LogP contribution in [0.4, 0.5) is 0 Å². The Morgan fingerprint density at radius 2 is 1.94 bits per heavy atom. The Balaban J connectivity index is 1.50. The van der Waals surface area contributed by atoms with Crippen LogP contribution in [0.5, 0.6) is 5.75 Å².